The van der Waals surface area contributed by atoms with E-state index in [2.05, 4.69) is 15.5 Å². The van der Waals surface area contributed by atoms with E-state index in [0.717, 1.165) is 11.6 Å². The molecule has 0 amide bonds. The molecule has 1 saturated heterocycles. The first-order valence-electron chi connectivity index (χ1n) is 3.96. The van der Waals surface area contributed by atoms with Gasteiger partial charge in [-0.2, -0.15) is 0 Å². The summed E-state index contributed by atoms with van der Waals surface area (Å²) in [6, 6.07) is 0.483. The quantitative estimate of drug-likeness (QED) is 0.689. The Morgan fingerprint density at radius 2 is 2.55 bits per heavy atom. The molecule has 4 heteroatoms. The Morgan fingerprint density at radius 1 is 1.55 bits per heavy atom. The van der Waals surface area contributed by atoms with Gasteiger partial charge >= 0.3 is 0 Å². The summed E-state index contributed by atoms with van der Waals surface area (Å²) >= 11 is 1.64. The molecule has 1 aliphatic heterocycles. The molecule has 0 aliphatic carbocycles. The monoisotopic (exact) mass is 169 g/mol. The molecule has 60 valence electrons. The number of hydrogen-bond acceptors (Lipinski definition) is 4. The zero-order chi connectivity index (χ0) is 7.52. The van der Waals surface area contributed by atoms with Crippen LogP contribution in [0.5, 0.6) is 0 Å². The van der Waals surface area contributed by atoms with Crippen molar-refractivity contribution >= 4 is 11.3 Å². The Morgan fingerprint density at radius 3 is 3.18 bits per heavy atom. The highest BCUT2D eigenvalue weighted by atomic mass is 32.1. The minimum atomic E-state index is 0.483. The minimum absolute atomic E-state index is 0.483. The van der Waals surface area contributed by atoms with E-state index < -0.39 is 0 Å². The van der Waals surface area contributed by atoms with E-state index in [1.807, 2.05) is 0 Å². The van der Waals surface area contributed by atoms with Crippen LogP contribution in [0.2, 0.25) is 0 Å². The van der Waals surface area contributed by atoms with Crippen molar-refractivity contribution in [1.82, 2.24) is 15.5 Å². The molecule has 1 aliphatic rings. The van der Waals surface area contributed by atoms with Crippen LogP contribution in [-0.2, 0) is 0 Å². The lowest BCUT2D eigenvalue weighted by molar-refractivity contribution is 0.409. The molecule has 0 saturated carbocycles. The molecule has 1 fully saturated rings. The van der Waals surface area contributed by atoms with Crippen LogP contribution in [0.3, 0.4) is 0 Å². The van der Waals surface area contributed by atoms with Crippen molar-refractivity contribution < 1.29 is 0 Å². The predicted molar refractivity (Wildman–Crippen MR) is 44.5 cm³/mol. The molecule has 0 bridgehead atoms. The topological polar surface area (TPSA) is 37.8 Å². The second kappa shape index (κ2) is 3.28. The number of piperidine rings is 1. The van der Waals surface area contributed by atoms with Crippen molar-refractivity contribution in [3.8, 4) is 0 Å². The molecule has 1 N–H and O–H groups in total. The summed E-state index contributed by atoms with van der Waals surface area (Å²) in [5.41, 5.74) is 1.80. The maximum absolute atomic E-state index is 4.05. The first-order valence-corrected chi connectivity index (χ1v) is 4.84. The van der Waals surface area contributed by atoms with Crippen LogP contribution in [0.15, 0.2) is 5.51 Å². The smallest absolute Gasteiger partial charge is 0.134 e. The highest BCUT2D eigenvalue weighted by Gasteiger charge is 2.16. The van der Waals surface area contributed by atoms with Crippen molar-refractivity contribution in [2.45, 2.75) is 25.3 Å². The average Bonchev–Trinajstić information content (AvgIpc) is 2.58. The third kappa shape index (κ3) is 1.57. The second-order valence-electron chi connectivity index (χ2n) is 2.78. The van der Waals surface area contributed by atoms with Gasteiger partial charge in [-0.1, -0.05) is 6.42 Å². The number of rotatable bonds is 1. The molecule has 1 unspecified atom stereocenters. The van der Waals surface area contributed by atoms with Gasteiger partial charge in [-0.05, 0) is 19.4 Å². The Bertz CT molecular complexity index is 203. The molecule has 11 heavy (non-hydrogen) atoms. The van der Waals surface area contributed by atoms with Gasteiger partial charge in [0.05, 0.1) is 6.04 Å². The Hall–Kier alpha value is -0.480. The van der Waals surface area contributed by atoms with Crippen LogP contribution in [-0.4, -0.2) is 16.7 Å². The Kier molecular flexibility index (Phi) is 2.14. The lowest BCUT2D eigenvalue weighted by Crippen LogP contribution is -2.26. The van der Waals surface area contributed by atoms with E-state index in [1.54, 1.807) is 16.8 Å². The van der Waals surface area contributed by atoms with E-state index in [9.17, 15) is 0 Å². The van der Waals surface area contributed by atoms with Crippen LogP contribution in [0.1, 0.15) is 30.3 Å². The Balaban J connectivity index is 2.04. The Labute approximate surface area is 69.8 Å². The lowest BCUT2D eigenvalue weighted by atomic mass is 10.1. The SMILES string of the molecule is c1nnc(C2CCCCN2)s1. The van der Waals surface area contributed by atoms with Crippen LogP contribution in [0.4, 0.5) is 0 Å². The summed E-state index contributed by atoms with van der Waals surface area (Å²) in [5.74, 6) is 0. The van der Waals surface area contributed by atoms with Crippen molar-refractivity contribution in [2.24, 2.45) is 0 Å². The van der Waals surface area contributed by atoms with Gasteiger partial charge in [0, 0.05) is 0 Å². The first kappa shape index (κ1) is 7.18. The highest BCUT2D eigenvalue weighted by Crippen LogP contribution is 2.22. The van der Waals surface area contributed by atoms with Gasteiger partial charge in [-0.25, -0.2) is 0 Å². The zero-order valence-electron chi connectivity index (χ0n) is 6.29. The molecule has 0 spiro atoms. The summed E-state index contributed by atoms with van der Waals surface area (Å²) in [6.45, 7) is 1.13. The molecule has 0 aromatic carbocycles. The fourth-order valence-corrected chi connectivity index (χ4v) is 2.06. The summed E-state index contributed by atoms with van der Waals surface area (Å²) in [5, 5.41) is 12.4. The van der Waals surface area contributed by atoms with E-state index in [4.69, 9.17) is 0 Å². The molecular weight excluding hydrogens is 158 g/mol. The first-order chi connectivity index (χ1) is 5.47. The second-order valence-corrected chi connectivity index (χ2v) is 3.64. The van der Waals surface area contributed by atoms with Gasteiger partial charge in [-0.3, -0.25) is 0 Å². The molecule has 1 aromatic heterocycles. The van der Waals surface area contributed by atoms with Crippen LogP contribution in [0, 0.1) is 0 Å². The maximum atomic E-state index is 4.05. The largest absolute Gasteiger partial charge is 0.308 e. The van der Waals surface area contributed by atoms with E-state index in [1.165, 1.54) is 19.3 Å². The number of hydrogen-bond donors (Lipinski definition) is 1. The molecule has 2 rings (SSSR count). The molecule has 0 radical (unpaired) electrons. The van der Waals surface area contributed by atoms with Crippen molar-refractivity contribution in [3.05, 3.63) is 10.5 Å². The number of nitrogens with one attached hydrogen (secondary N) is 1. The van der Waals surface area contributed by atoms with Gasteiger partial charge in [0.1, 0.15) is 10.5 Å². The van der Waals surface area contributed by atoms with Gasteiger partial charge < -0.3 is 5.32 Å². The van der Waals surface area contributed by atoms with Gasteiger partial charge in [0.2, 0.25) is 0 Å². The van der Waals surface area contributed by atoms with Crippen molar-refractivity contribution in [3.63, 3.8) is 0 Å². The normalized spacial score (nSPS) is 25.3. The predicted octanol–water partition coefficient (Wildman–Crippen LogP) is 1.35. The zero-order valence-corrected chi connectivity index (χ0v) is 7.10. The number of nitrogens with zero attached hydrogens (tertiary/aromatic N) is 2. The minimum Gasteiger partial charge on any atom is -0.308 e. The molecule has 3 nitrogen and oxygen atoms in total. The third-order valence-electron chi connectivity index (χ3n) is 1.99. The lowest BCUT2D eigenvalue weighted by Gasteiger charge is -2.20. The van der Waals surface area contributed by atoms with E-state index in [-0.39, 0.29) is 0 Å². The average molecular weight is 169 g/mol. The highest BCUT2D eigenvalue weighted by molar-refractivity contribution is 7.09. The summed E-state index contributed by atoms with van der Waals surface area (Å²) < 4.78 is 0. The van der Waals surface area contributed by atoms with E-state index in [0.29, 0.717) is 6.04 Å². The van der Waals surface area contributed by atoms with Crippen molar-refractivity contribution in [1.29, 1.82) is 0 Å². The van der Waals surface area contributed by atoms with Crippen LogP contribution < -0.4 is 5.32 Å². The maximum Gasteiger partial charge on any atom is 0.134 e. The van der Waals surface area contributed by atoms with Gasteiger partial charge in [0.25, 0.3) is 0 Å². The molecule has 1 atom stereocenters. The van der Waals surface area contributed by atoms with Gasteiger partial charge in [0.15, 0.2) is 0 Å². The molecule has 2 heterocycles. The fourth-order valence-electron chi connectivity index (χ4n) is 1.40. The summed E-state index contributed by atoms with van der Waals surface area (Å²) in [4.78, 5) is 0. The third-order valence-corrected chi connectivity index (χ3v) is 2.79. The van der Waals surface area contributed by atoms with Gasteiger partial charge in [-0.15, -0.1) is 21.5 Å². The number of aromatic nitrogens is 2. The fraction of sp³-hybridized carbons (Fsp3) is 0.714. The summed E-state index contributed by atoms with van der Waals surface area (Å²) in [7, 11) is 0. The molecular formula is C7H11N3S. The van der Waals surface area contributed by atoms with E-state index >= 15 is 0 Å². The standard InChI is InChI=1S/C7H11N3S/c1-2-4-8-6(3-1)7-10-9-5-11-7/h5-6,8H,1-4H2. The summed E-state index contributed by atoms with van der Waals surface area (Å²) in [6.07, 6.45) is 3.84. The van der Waals surface area contributed by atoms with Crippen LogP contribution >= 0.6 is 11.3 Å². The molecule has 1 aromatic rings. The van der Waals surface area contributed by atoms with Crippen LogP contribution in [0.25, 0.3) is 0 Å². The van der Waals surface area contributed by atoms with Crippen molar-refractivity contribution in [2.75, 3.05) is 6.54 Å².